The first-order valence-electron chi connectivity index (χ1n) is 4.54. The summed E-state index contributed by atoms with van der Waals surface area (Å²) in [6.07, 6.45) is -4.55. The zero-order valence-corrected chi connectivity index (χ0v) is 8.43. The summed E-state index contributed by atoms with van der Waals surface area (Å²) in [5, 5.41) is 11.3. The van der Waals surface area contributed by atoms with Crippen LogP contribution in [-0.4, -0.2) is 17.6 Å². The number of hydrogen-bond donors (Lipinski definition) is 2. The van der Waals surface area contributed by atoms with Gasteiger partial charge in [0.2, 0.25) is 0 Å². The van der Waals surface area contributed by atoms with E-state index >= 15 is 0 Å². The maximum atomic E-state index is 12.4. The minimum atomic E-state index is -4.55. The third kappa shape index (κ3) is 2.88. The van der Waals surface area contributed by atoms with Gasteiger partial charge in [0, 0.05) is 12.2 Å². The standard InChI is InChI=1S/C10H10F3NO2/c1-2-14-8-4-6(9(15)16)3-7(5-8)10(11,12)13/h3-5,14H,2H2,1H3,(H,15,16). The van der Waals surface area contributed by atoms with Gasteiger partial charge >= 0.3 is 12.1 Å². The van der Waals surface area contributed by atoms with Crippen molar-refractivity contribution in [2.75, 3.05) is 11.9 Å². The molecular formula is C10H10F3NO2. The fourth-order valence-corrected chi connectivity index (χ4v) is 1.22. The number of carboxylic acid groups (broad SMARTS) is 1. The van der Waals surface area contributed by atoms with Gasteiger partial charge in [-0.2, -0.15) is 13.2 Å². The van der Waals surface area contributed by atoms with Crippen LogP contribution in [0.25, 0.3) is 0 Å². The van der Waals surface area contributed by atoms with Crippen molar-refractivity contribution in [1.29, 1.82) is 0 Å². The molecule has 0 aromatic heterocycles. The van der Waals surface area contributed by atoms with E-state index < -0.39 is 17.7 Å². The van der Waals surface area contributed by atoms with Gasteiger partial charge in [-0.15, -0.1) is 0 Å². The third-order valence-corrected chi connectivity index (χ3v) is 1.89. The van der Waals surface area contributed by atoms with Crippen LogP contribution in [0.4, 0.5) is 18.9 Å². The molecule has 0 aliphatic heterocycles. The van der Waals surface area contributed by atoms with Gasteiger partial charge in [-0.05, 0) is 25.1 Å². The van der Waals surface area contributed by atoms with E-state index in [1.807, 2.05) is 0 Å². The average molecular weight is 233 g/mol. The van der Waals surface area contributed by atoms with Crippen molar-refractivity contribution in [3.63, 3.8) is 0 Å². The summed E-state index contributed by atoms with van der Waals surface area (Å²) in [6, 6.07) is 2.67. The van der Waals surface area contributed by atoms with Crippen LogP contribution in [0.5, 0.6) is 0 Å². The van der Waals surface area contributed by atoms with Gasteiger partial charge in [0.1, 0.15) is 0 Å². The summed E-state index contributed by atoms with van der Waals surface area (Å²) >= 11 is 0. The fraction of sp³-hybridized carbons (Fsp3) is 0.300. The minimum Gasteiger partial charge on any atom is -0.478 e. The second-order valence-corrected chi connectivity index (χ2v) is 3.13. The highest BCUT2D eigenvalue weighted by atomic mass is 19.4. The van der Waals surface area contributed by atoms with Gasteiger partial charge < -0.3 is 10.4 Å². The van der Waals surface area contributed by atoms with Crippen LogP contribution in [0.3, 0.4) is 0 Å². The molecule has 0 bridgehead atoms. The molecule has 0 radical (unpaired) electrons. The van der Waals surface area contributed by atoms with Crippen molar-refractivity contribution in [2.24, 2.45) is 0 Å². The number of alkyl halides is 3. The Balaban J connectivity index is 3.24. The predicted molar refractivity (Wildman–Crippen MR) is 52.6 cm³/mol. The lowest BCUT2D eigenvalue weighted by atomic mass is 10.1. The summed E-state index contributed by atoms with van der Waals surface area (Å²) in [7, 11) is 0. The number of aromatic carboxylic acids is 1. The van der Waals surface area contributed by atoms with E-state index in [0.29, 0.717) is 12.6 Å². The maximum absolute atomic E-state index is 12.4. The summed E-state index contributed by atoms with van der Waals surface area (Å²) in [5.41, 5.74) is -1.20. The second kappa shape index (κ2) is 4.42. The molecule has 0 saturated heterocycles. The summed E-state index contributed by atoms with van der Waals surface area (Å²) in [5.74, 6) is -1.38. The van der Waals surface area contributed by atoms with Crippen molar-refractivity contribution in [3.05, 3.63) is 29.3 Å². The van der Waals surface area contributed by atoms with Gasteiger partial charge in [0.05, 0.1) is 11.1 Å². The normalized spacial score (nSPS) is 11.2. The number of carbonyl (C=O) groups is 1. The monoisotopic (exact) mass is 233 g/mol. The number of halogens is 3. The quantitative estimate of drug-likeness (QED) is 0.843. The molecule has 1 rings (SSSR count). The molecule has 2 N–H and O–H groups in total. The van der Waals surface area contributed by atoms with Gasteiger partial charge in [-0.3, -0.25) is 0 Å². The van der Waals surface area contributed by atoms with Crippen LogP contribution in [0, 0.1) is 0 Å². The largest absolute Gasteiger partial charge is 0.478 e. The second-order valence-electron chi connectivity index (χ2n) is 3.13. The molecule has 0 fully saturated rings. The van der Waals surface area contributed by atoms with Crippen LogP contribution in [0.2, 0.25) is 0 Å². The molecule has 6 heteroatoms. The van der Waals surface area contributed by atoms with Crippen LogP contribution >= 0.6 is 0 Å². The Labute approximate surface area is 89.9 Å². The molecule has 0 unspecified atom stereocenters. The van der Waals surface area contributed by atoms with Crippen LogP contribution in [0.15, 0.2) is 18.2 Å². The zero-order valence-electron chi connectivity index (χ0n) is 8.43. The highest BCUT2D eigenvalue weighted by Crippen LogP contribution is 2.31. The molecular weight excluding hydrogens is 223 g/mol. The van der Waals surface area contributed by atoms with Crippen molar-refractivity contribution < 1.29 is 23.1 Å². The Morgan fingerprint density at radius 3 is 2.44 bits per heavy atom. The van der Waals surface area contributed by atoms with Crippen LogP contribution in [-0.2, 0) is 6.18 Å². The molecule has 16 heavy (non-hydrogen) atoms. The number of nitrogens with one attached hydrogen (secondary N) is 1. The van der Waals surface area contributed by atoms with E-state index in [-0.39, 0.29) is 11.3 Å². The number of hydrogen-bond acceptors (Lipinski definition) is 2. The van der Waals surface area contributed by atoms with E-state index in [4.69, 9.17) is 5.11 Å². The summed E-state index contributed by atoms with van der Waals surface area (Å²) < 4.78 is 37.3. The molecule has 0 amide bonds. The van der Waals surface area contributed by atoms with Crippen LogP contribution in [0.1, 0.15) is 22.8 Å². The minimum absolute atomic E-state index is 0.148. The molecule has 3 nitrogen and oxygen atoms in total. The summed E-state index contributed by atoms with van der Waals surface area (Å²) in [4.78, 5) is 10.6. The molecule has 0 saturated carbocycles. The topological polar surface area (TPSA) is 49.3 Å². The van der Waals surface area contributed by atoms with Crippen molar-refractivity contribution >= 4 is 11.7 Å². The molecule has 1 aromatic rings. The number of rotatable bonds is 3. The lowest BCUT2D eigenvalue weighted by Crippen LogP contribution is -2.09. The molecule has 1 aromatic carbocycles. The highest BCUT2D eigenvalue weighted by Gasteiger charge is 2.31. The Bertz CT molecular complexity index is 402. The molecule has 0 heterocycles. The Morgan fingerprint density at radius 2 is 2.00 bits per heavy atom. The zero-order chi connectivity index (χ0) is 12.3. The Morgan fingerprint density at radius 1 is 1.38 bits per heavy atom. The molecule has 0 atom stereocenters. The molecule has 0 spiro atoms. The third-order valence-electron chi connectivity index (χ3n) is 1.89. The van der Waals surface area contributed by atoms with Gasteiger partial charge in [-0.1, -0.05) is 0 Å². The molecule has 88 valence electrons. The Kier molecular flexibility index (Phi) is 3.41. The van der Waals surface area contributed by atoms with Gasteiger partial charge in [0.15, 0.2) is 0 Å². The first kappa shape index (κ1) is 12.4. The van der Waals surface area contributed by atoms with E-state index in [1.165, 1.54) is 6.07 Å². The van der Waals surface area contributed by atoms with E-state index in [9.17, 15) is 18.0 Å². The van der Waals surface area contributed by atoms with Crippen molar-refractivity contribution in [1.82, 2.24) is 0 Å². The summed E-state index contributed by atoms with van der Waals surface area (Å²) in [6.45, 7) is 2.13. The lowest BCUT2D eigenvalue weighted by molar-refractivity contribution is -0.137. The molecule has 0 aliphatic carbocycles. The predicted octanol–water partition coefficient (Wildman–Crippen LogP) is 2.84. The number of anilines is 1. The van der Waals surface area contributed by atoms with E-state index in [2.05, 4.69) is 5.32 Å². The SMILES string of the molecule is CCNc1cc(C(=O)O)cc(C(F)(F)F)c1. The lowest BCUT2D eigenvalue weighted by Gasteiger charge is -2.11. The Hall–Kier alpha value is -1.72. The highest BCUT2D eigenvalue weighted by molar-refractivity contribution is 5.89. The maximum Gasteiger partial charge on any atom is 0.416 e. The number of carboxylic acids is 1. The average Bonchev–Trinajstić information content (AvgIpc) is 2.16. The van der Waals surface area contributed by atoms with Gasteiger partial charge in [0.25, 0.3) is 0 Å². The fourth-order valence-electron chi connectivity index (χ4n) is 1.22. The van der Waals surface area contributed by atoms with E-state index in [1.54, 1.807) is 6.92 Å². The first-order valence-corrected chi connectivity index (χ1v) is 4.54. The van der Waals surface area contributed by atoms with Gasteiger partial charge in [-0.25, -0.2) is 4.79 Å². The molecule has 0 aliphatic rings. The van der Waals surface area contributed by atoms with Crippen molar-refractivity contribution in [3.8, 4) is 0 Å². The first-order chi connectivity index (χ1) is 7.34. The van der Waals surface area contributed by atoms with Crippen molar-refractivity contribution in [2.45, 2.75) is 13.1 Å². The number of benzene rings is 1. The van der Waals surface area contributed by atoms with E-state index in [0.717, 1.165) is 6.07 Å². The van der Waals surface area contributed by atoms with Crippen LogP contribution < -0.4 is 5.32 Å². The smallest absolute Gasteiger partial charge is 0.416 e.